The van der Waals surface area contributed by atoms with Crippen LogP contribution in [0.1, 0.15) is 70.3 Å². The smallest absolute Gasteiger partial charge is 0.244 e. The maximum atomic E-state index is 14.0. The normalized spacial score (nSPS) is 24.6. The van der Waals surface area contributed by atoms with Gasteiger partial charge in [-0.3, -0.25) is 14.4 Å². The lowest BCUT2D eigenvalue weighted by Gasteiger charge is -2.42. The Hall–Kier alpha value is -2.25. The minimum absolute atomic E-state index is 0.0484. The average molecular weight is 444 g/mol. The van der Waals surface area contributed by atoms with E-state index in [9.17, 15) is 14.0 Å². The zero-order chi connectivity index (χ0) is 22.8. The van der Waals surface area contributed by atoms with Gasteiger partial charge in [0.1, 0.15) is 5.82 Å². The molecule has 1 saturated heterocycles. The molecule has 1 saturated carbocycles. The second-order valence-corrected chi connectivity index (χ2v) is 9.50. The maximum absolute atomic E-state index is 14.0. The molecule has 4 rings (SSSR count). The van der Waals surface area contributed by atoms with Crippen LogP contribution < -0.4 is 10.4 Å². The van der Waals surface area contributed by atoms with Gasteiger partial charge in [0.2, 0.25) is 11.8 Å². The highest BCUT2D eigenvalue weighted by Crippen LogP contribution is 2.42. The molecular weight excluding hydrogens is 409 g/mol. The van der Waals surface area contributed by atoms with E-state index in [0.29, 0.717) is 11.6 Å². The van der Waals surface area contributed by atoms with Crippen molar-refractivity contribution in [3.8, 4) is 0 Å². The average Bonchev–Trinajstić information content (AvgIpc) is 3.05. The van der Waals surface area contributed by atoms with Gasteiger partial charge in [-0.1, -0.05) is 11.1 Å². The third-order valence-electron chi connectivity index (χ3n) is 7.41. The number of allylic oxidation sites excluding steroid dienone is 2. The van der Waals surface area contributed by atoms with Gasteiger partial charge in [-0.2, -0.15) is 0 Å². The summed E-state index contributed by atoms with van der Waals surface area (Å²) in [7, 11) is 1.36. The van der Waals surface area contributed by atoms with Gasteiger partial charge in [-0.15, -0.1) is 0 Å². The molecule has 1 aromatic carbocycles. The van der Waals surface area contributed by atoms with E-state index in [-0.39, 0.29) is 24.3 Å². The molecule has 0 aromatic heterocycles. The van der Waals surface area contributed by atoms with Gasteiger partial charge in [0.05, 0.1) is 13.0 Å². The Bertz CT molecular complexity index is 894. The zero-order valence-corrected chi connectivity index (χ0v) is 19.3. The summed E-state index contributed by atoms with van der Waals surface area (Å²) in [6, 6.07) is 5.19. The second kappa shape index (κ2) is 9.71. The fourth-order valence-corrected chi connectivity index (χ4v) is 5.68. The number of benzene rings is 1. The molecule has 1 atom stereocenters. The summed E-state index contributed by atoms with van der Waals surface area (Å²) in [5.41, 5.74) is 6.71. The predicted octanol–water partition coefficient (Wildman–Crippen LogP) is 4.07. The molecule has 6 nitrogen and oxygen atoms in total. The van der Waals surface area contributed by atoms with Crippen LogP contribution in [0.3, 0.4) is 0 Å². The van der Waals surface area contributed by atoms with Crippen LogP contribution in [0.4, 0.5) is 10.1 Å². The first-order chi connectivity index (χ1) is 15.4. The second-order valence-electron chi connectivity index (χ2n) is 9.50. The number of carbonyl (C=O) groups excluding carboxylic acids is 2. The minimum atomic E-state index is -0.672. The number of hydrogen-bond donors (Lipinski definition) is 1. The zero-order valence-electron chi connectivity index (χ0n) is 19.3. The minimum Gasteiger partial charge on any atom is -0.308 e. The number of fused-ring (bicyclic) bond motifs is 1. The van der Waals surface area contributed by atoms with Gasteiger partial charge >= 0.3 is 0 Å². The highest BCUT2D eigenvalue weighted by Gasteiger charge is 2.43. The first kappa shape index (κ1) is 22.9. The number of hydrogen-bond acceptors (Lipinski definition) is 4. The summed E-state index contributed by atoms with van der Waals surface area (Å²) in [5.74, 6) is -1.56. The molecule has 2 heterocycles. The van der Waals surface area contributed by atoms with Crippen molar-refractivity contribution in [2.45, 2.75) is 76.8 Å². The van der Waals surface area contributed by atoms with Crippen LogP contribution in [0.2, 0.25) is 0 Å². The lowest BCUT2D eigenvalue weighted by molar-refractivity contribution is -0.133. The molecule has 32 heavy (non-hydrogen) atoms. The number of amides is 2. The monoisotopic (exact) mass is 443 g/mol. The van der Waals surface area contributed by atoms with Crippen LogP contribution in [0, 0.1) is 5.82 Å². The van der Waals surface area contributed by atoms with Crippen molar-refractivity contribution >= 4 is 17.5 Å². The van der Waals surface area contributed by atoms with E-state index in [1.807, 2.05) is 4.90 Å². The van der Waals surface area contributed by atoms with Crippen molar-refractivity contribution < 1.29 is 18.8 Å². The third-order valence-corrected chi connectivity index (χ3v) is 7.41. The molecule has 0 spiro atoms. The van der Waals surface area contributed by atoms with E-state index in [1.54, 1.807) is 11.6 Å². The topological polar surface area (TPSA) is 61.9 Å². The molecule has 7 heteroatoms. The summed E-state index contributed by atoms with van der Waals surface area (Å²) in [5, 5.41) is 0. The lowest BCUT2D eigenvalue weighted by atomic mass is 9.86. The van der Waals surface area contributed by atoms with Crippen LogP contribution in [0.15, 0.2) is 29.3 Å². The fraction of sp³-hybridized carbons (Fsp3) is 0.600. The standard InChI is InChI=1S/C25H34FN3O3/c1-16(2)17-4-7-19(8-5-17)28-12-10-20(11-13-28)29-23-9-6-18(26)14-21(23)22(25(29)31)15-24(30)27-32-3/h6,9,14,19-20,22H,4-5,7-8,10-13,15H2,1-3H3,(H,27,30). The molecule has 2 aliphatic heterocycles. The number of likely N-dealkylation sites (tertiary alicyclic amines) is 1. The molecule has 1 aliphatic carbocycles. The Balaban J connectivity index is 1.44. The van der Waals surface area contributed by atoms with Crippen LogP contribution in [0.5, 0.6) is 0 Å². The first-order valence-corrected chi connectivity index (χ1v) is 11.7. The largest absolute Gasteiger partial charge is 0.308 e. The van der Waals surface area contributed by atoms with E-state index in [2.05, 4.69) is 29.1 Å². The molecule has 2 fully saturated rings. The maximum Gasteiger partial charge on any atom is 0.244 e. The van der Waals surface area contributed by atoms with Crippen molar-refractivity contribution in [2.24, 2.45) is 0 Å². The van der Waals surface area contributed by atoms with Gasteiger partial charge in [0.25, 0.3) is 0 Å². The highest BCUT2D eigenvalue weighted by molar-refractivity contribution is 6.07. The molecule has 1 unspecified atom stereocenters. The number of hydroxylamine groups is 1. The number of nitrogens with one attached hydrogen (secondary N) is 1. The van der Waals surface area contributed by atoms with Crippen LogP contribution in [-0.2, 0) is 14.4 Å². The molecule has 2 amide bonds. The Morgan fingerprint density at radius 1 is 1.12 bits per heavy atom. The number of piperidine rings is 1. The van der Waals surface area contributed by atoms with E-state index in [0.717, 1.165) is 31.6 Å². The van der Waals surface area contributed by atoms with Crippen LogP contribution in [-0.4, -0.2) is 49.0 Å². The Kier molecular flexibility index (Phi) is 6.96. The Morgan fingerprint density at radius 3 is 2.44 bits per heavy atom. The number of halogens is 1. The Morgan fingerprint density at radius 2 is 1.81 bits per heavy atom. The molecule has 1 aromatic rings. The van der Waals surface area contributed by atoms with E-state index in [4.69, 9.17) is 0 Å². The van der Waals surface area contributed by atoms with Crippen molar-refractivity contribution in [2.75, 3.05) is 25.1 Å². The summed E-state index contributed by atoms with van der Waals surface area (Å²) >= 11 is 0. The van der Waals surface area contributed by atoms with Crippen LogP contribution >= 0.6 is 0 Å². The van der Waals surface area contributed by atoms with Crippen molar-refractivity contribution in [1.29, 1.82) is 0 Å². The first-order valence-electron chi connectivity index (χ1n) is 11.7. The lowest BCUT2D eigenvalue weighted by Crippen LogP contribution is -2.50. The number of rotatable bonds is 5. The van der Waals surface area contributed by atoms with Gasteiger partial charge in [-0.25, -0.2) is 9.87 Å². The van der Waals surface area contributed by atoms with Gasteiger partial charge in [-0.05, 0) is 76.1 Å². The van der Waals surface area contributed by atoms with E-state index in [1.165, 1.54) is 50.5 Å². The van der Waals surface area contributed by atoms with Crippen molar-refractivity contribution in [3.63, 3.8) is 0 Å². The fourth-order valence-electron chi connectivity index (χ4n) is 5.68. The molecular formula is C25H34FN3O3. The number of carbonyl (C=O) groups is 2. The molecule has 0 bridgehead atoms. The van der Waals surface area contributed by atoms with Gasteiger partial charge in [0, 0.05) is 37.3 Å². The Labute approximate surface area is 189 Å². The molecule has 3 aliphatic rings. The molecule has 1 N–H and O–H groups in total. The predicted molar refractivity (Wildman–Crippen MR) is 122 cm³/mol. The molecule has 174 valence electrons. The molecule has 0 radical (unpaired) electrons. The third kappa shape index (κ3) is 4.59. The highest BCUT2D eigenvalue weighted by atomic mass is 19.1. The van der Waals surface area contributed by atoms with Crippen LogP contribution in [0.25, 0.3) is 0 Å². The van der Waals surface area contributed by atoms with Gasteiger partial charge in [0.15, 0.2) is 0 Å². The summed E-state index contributed by atoms with van der Waals surface area (Å²) in [4.78, 5) is 34.6. The van der Waals surface area contributed by atoms with Crippen molar-refractivity contribution in [3.05, 3.63) is 40.7 Å². The van der Waals surface area contributed by atoms with E-state index < -0.39 is 11.7 Å². The summed E-state index contributed by atoms with van der Waals surface area (Å²) in [6.45, 7) is 6.36. The summed E-state index contributed by atoms with van der Waals surface area (Å²) in [6.07, 6.45) is 6.56. The SMILES string of the molecule is CONC(=O)CC1C(=O)N(C2CCN(C3CCC(=C(C)C)CC3)CC2)c2ccc(F)cc21. The summed E-state index contributed by atoms with van der Waals surface area (Å²) < 4.78 is 14.0. The number of nitrogens with zero attached hydrogens (tertiary/aromatic N) is 2. The van der Waals surface area contributed by atoms with Gasteiger partial charge < -0.3 is 9.80 Å². The number of anilines is 1. The quantitative estimate of drug-likeness (QED) is 0.551. The van der Waals surface area contributed by atoms with E-state index >= 15 is 0 Å². The van der Waals surface area contributed by atoms with Crippen molar-refractivity contribution in [1.82, 2.24) is 10.4 Å².